The van der Waals surface area contributed by atoms with Gasteiger partial charge in [-0.2, -0.15) is 0 Å². The van der Waals surface area contributed by atoms with Crippen LogP contribution in [0.4, 0.5) is 5.69 Å². The lowest BCUT2D eigenvalue weighted by atomic mass is 10.1. The first-order valence-corrected chi connectivity index (χ1v) is 10.5. The van der Waals surface area contributed by atoms with E-state index in [1.807, 2.05) is 28.8 Å². The number of methoxy groups -OCH3 is 1. The minimum Gasteiger partial charge on any atom is -0.491 e. The van der Waals surface area contributed by atoms with Crippen LogP contribution in [0.25, 0.3) is 0 Å². The fourth-order valence-electron chi connectivity index (χ4n) is 3.73. The monoisotopic (exact) mass is 397 g/mol. The van der Waals surface area contributed by atoms with Crippen LogP contribution in [0.3, 0.4) is 0 Å². The summed E-state index contributed by atoms with van der Waals surface area (Å²) in [5.41, 5.74) is 2.69. The lowest BCUT2D eigenvalue weighted by Crippen LogP contribution is -2.29. The number of nitrogens with zero attached hydrogens (tertiary/aromatic N) is 2. The van der Waals surface area contributed by atoms with E-state index in [1.165, 1.54) is 38.4 Å². The number of likely N-dealkylation sites (tertiary alicyclic amines) is 1. The number of pyridine rings is 1. The van der Waals surface area contributed by atoms with Crippen molar-refractivity contribution in [1.82, 2.24) is 9.47 Å². The summed E-state index contributed by atoms with van der Waals surface area (Å²) in [4.78, 5) is 27.3. The molecular formula is C23H31N3O3. The van der Waals surface area contributed by atoms with Crippen LogP contribution >= 0.6 is 0 Å². The summed E-state index contributed by atoms with van der Waals surface area (Å²) in [7, 11) is 1.48. The molecular weight excluding hydrogens is 366 g/mol. The quantitative estimate of drug-likeness (QED) is 0.777. The van der Waals surface area contributed by atoms with E-state index in [9.17, 15) is 9.59 Å². The van der Waals surface area contributed by atoms with E-state index in [0.29, 0.717) is 6.54 Å². The Morgan fingerprint density at radius 1 is 1.10 bits per heavy atom. The van der Waals surface area contributed by atoms with Crippen molar-refractivity contribution in [2.45, 2.75) is 52.1 Å². The maximum atomic E-state index is 12.7. The Kier molecular flexibility index (Phi) is 7.47. The Balaban J connectivity index is 1.76. The topological polar surface area (TPSA) is 63.6 Å². The highest BCUT2D eigenvalue weighted by Crippen LogP contribution is 2.15. The molecule has 156 valence electrons. The summed E-state index contributed by atoms with van der Waals surface area (Å²) in [5, 5.41) is 2.94. The molecule has 0 saturated carbocycles. The van der Waals surface area contributed by atoms with Gasteiger partial charge in [0.1, 0.15) is 6.54 Å². The molecule has 0 bridgehead atoms. The van der Waals surface area contributed by atoms with Crippen LogP contribution in [-0.2, 0) is 24.3 Å². The lowest BCUT2D eigenvalue weighted by Gasteiger charge is -2.23. The van der Waals surface area contributed by atoms with Crippen LogP contribution in [0.2, 0.25) is 0 Å². The molecule has 6 nitrogen and oxygen atoms in total. The highest BCUT2D eigenvalue weighted by Gasteiger charge is 2.15. The molecule has 0 aliphatic carbocycles. The van der Waals surface area contributed by atoms with E-state index in [1.54, 1.807) is 12.3 Å². The summed E-state index contributed by atoms with van der Waals surface area (Å²) >= 11 is 0. The number of carbonyl (C=O) groups is 1. The number of aromatic nitrogens is 1. The summed E-state index contributed by atoms with van der Waals surface area (Å²) in [6.07, 6.45) is 7.47. The molecule has 0 radical (unpaired) electrons. The summed E-state index contributed by atoms with van der Waals surface area (Å²) in [6.45, 7) is 4.95. The third-order valence-electron chi connectivity index (χ3n) is 5.45. The average molecular weight is 398 g/mol. The van der Waals surface area contributed by atoms with Crippen molar-refractivity contribution in [2.75, 3.05) is 25.5 Å². The third kappa shape index (κ3) is 5.94. The fourth-order valence-corrected chi connectivity index (χ4v) is 3.73. The van der Waals surface area contributed by atoms with Gasteiger partial charge in [-0.05, 0) is 50.0 Å². The van der Waals surface area contributed by atoms with Crippen molar-refractivity contribution in [1.29, 1.82) is 0 Å². The Morgan fingerprint density at radius 3 is 2.41 bits per heavy atom. The lowest BCUT2D eigenvalue weighted by molar-refractivity contribution is -0.116. The van der Waals surface area contributed by atoms with Crippen LogP contribution in [0.5, 0.6) is 5.75 Å². The molecule has 1 aromatic heterocycles. The molecule has 0 spiro atoms. The predicted molar refractivity (Wildman–Crippen MR) is 115 cm³/mol. The standard InChI is InChI=1S/C23H31N3O3/c1-3-18-8-10-19(11-9-18)24-23(28)17-26-16-22(29-2)21(27)14-20(26)15-25-12-6-4-5-7-13-25/h8-11,14,16H,3-7,12-13,15,17H2,1-2H3,(H,24,28). The molecule has 1 aliphatic rings. The number of carbonyl (C=O) groups excluding carboxylic acids is 1. The number of hydrogen-bond acceptors (Lipinski definition) is 4. The maximum absolute atomic E-state index is 12.7. The minimum atomic E-state index is -0.149. The van der Waals surface area contributed by atoms with Gasteiger partial charge >= 0.3 is 0 Å². The number of ether oxygens (including phenoxy) is 1. The maximum Gasteiger partial charge on any atom is 0.244 e. The van der Waals surface area contributed by atoms with E-state index in [2.05, 4.69) is 17.1 Å². The zero-order valence-corrected chi connectivity index (χ0v) is 17.4. The van der Waals surface area contributed by atoms with Crippen LogP contribution in [0, 0.1) is 0 Å². The van der Waals surface area contributed by atoms with Gasteiger partial charge < -0.3 is 14.6 Å². The predicted octanol–water partition coefficient (Wildman–Crippen LogP) is 3.43. The molecule has 6 heteroatoms. The summed E-state index contributed by atoms with van der Waals surface area (Å²) in [6, 6.07) is 9.47. The van der Waals surface area contributed by atoms with E-state index in [-0.39, 0.29) is 23.6 Å². The van der Waals surface area contributed by atoms with Crippen molar-refractivity contribution >= 4 is 11.6 Å². The highest BCUT2D eigenvalue weighted by atomic mass is 16.5. The van der Waals surface area contributed by atoms with Gasteiger partial charge in [0.25, 0.3) is 0 Å². The number of nitrogens with one attached hydrogen (secondary N) is 1. The first-order valence-electron chi connectivity index (χ1n) is 10.5. The van der Waals surface area contributed by atoms with E-state index in [0.717, 1.165) is 30.9 Å². The van der Waals surface area contributed by atoms with E-state index < -0.39 is 0 Å². The molecule has 29 heavy (non-hydrogen) atoms. The Labute approximate surface area is 172 Å². The van der Waals surface area contributed by atoms with Crippen molar-refractivity contribution < 1.29 is 9.53 Å². The zero-order valence-electron chi connectivity index (χ0n) is 17.4. The van der Waals surface area contributed by atoms with E-state index >= 15 is 0 Å². The van der Waals surface area contributed by atoms with Gasteiger partial charge in [0.2, 0.25) is 11.3 Å². The largest absolute Gasteiger partial charge is 0.491 e. The molecule has 1 aromatic carbocycles. The SMILES string of the molecule is CCc1ccc(NC(=O)Cn2cc(OC)c(=O)cc2CN2CCCCCC2)cc1. The van der Waals surface area contributed by atoms with Gasteiger partial charge in [-0.3, -0.25) is 14.5 Å². The van der Waals surface area contributed by atoms with Gasteiger partial charge in [0.15, 0.2) is 5.75 Å². The molecule has 1 amide bonds. The van der Waals surface area contributed by atoms with Crippen molar-refractivity contribution in [3.05, 3.63) is 58.0 Å². The first kappa shape index (κ1) is 21.1. The number of rotatable bonds is 7. The first-order chi connectivity index (χ1) is 14.1. The van der Waals surface area contributed by atoms with Crippen molar-refractivity contribution in [2.24, 2.45) is 0 Å². The van der Waals surface area contributed by atoms with Gasteiger partial charge in [0, 0.05) is 24.0 Å². The molecule has 0 unspecified atom stereocenters. The van der Waals surface area contributed by atoms with Crippen LogP contribution in [0.1, 0.15) is 43.9 Å². The van der Waals surface area contributed by atoms with E-state index in [4.69, 9.17) is 4.74 Å². The molecule has 1 saturated heterocycles. The van der Waals surface area contributed by atoms with Crippen LogP contribution in [-0.4, -0.2) is 35.6 Å². The average Bonchev–Trinajstić information content (AvgIpc) is 2.99. The molecule has 2 heterocycles. The molecule has 1 aliphatic heterocycles. The molecule has 3 rings (SSSR count). The Bertz CT molecular complexity index is 866. The number of hydrogen-bond donors (Lipinski definition) is 1. The zero-order chi connectivity index (χ0) is 20.6. The van der Waals surface area contributed by atoms with Crippen molar-refractivity contribution in [3.8, 4) is 5.75 Å². The second-order valence-electron chi connectivity index (χ2n) is 7.61. The Morgan fingerprint density at radius 2 is 1.79 bits per heavy atom. The van der Waals surface area contributed by atoms with Gasteiger partial charge in [-0.25, -0.2) is 0 Å². The van der Waals surface area contributed by atoms with Crippen LogP contribution < -0.4 is 15.5 Å². The third-order valence-corrected chi connectivity index (χ3v) is 5.45. The molecule has 1 fully saturated rings. The molecule has 2 aromatic rings. The smallest absolute Gasteiger partial charge is 0.244 e. The van der Waals surface area contributed by atoms with Gasteiger partial charge in [-0.15, -0.1) is 0 Å². The van der Waals surface area contributed by atoms with Crippen LogP contribution in [0.15, 0.2) is 41.3 Å². The minimum absolute atomic E-state index is 0.128. The summed E-state index contributed by atoms with van der Waals surface area (Å²) < 4.78 is 7.03. The van der Waals surface area contributed by atoms with Gasteiger partial charge in [-0.1, -0.05) is 31.9 Å². The number of anilines is 1. The van der Waals surface area contributed by atoms with Gasteiger partial charge in [0.05, 0.1) is 13.3 Å². The fraction of sp³-hybridized carbons (Fsp3) is 0.478. The van der Waals surface area contributed by atoms with Crippen molar-refractivity contribution in [3.63, 3.8) is 0 Å². The second-order valence-corrected chi connectivity index (χ2v) is 7.61. The number of aryl methyl sites for hydroxylation is 1. The molecule has 0 atom stereocenters. The Hall–Kier alpha value is -2.60. The number of benzene rings is 1. The number of amides is 1. The second kappa shape index (κ2) is 10.3. The normalized spacial score (nSPS) is 15.0. The molecule has 1 N–H and O–H groups in total. The highest BCUT2D eigenvalue weighted by molar-refractivity contribution is 5.90. The summed E-state index contributed by atoms with van der Waals surface area (Å²) in [5.74, 6) is 0.127.